The summed E-state index contributed by atoms with van der Waals surface area (Å²) in [6.45, 7) is 3.40. The van der Waals surface area contributed by atoms with E-state index in [0.29, 0.717) is 13.1 Å². The molecule has 0 atom stereocenters. The second-order valence-electron chi connectivity index (χ2n) is 6.07. The maximum atomic E-state index is 13.1. The molecule has 0 aliphatic heterocycles. The minimum atomic E-state index is -0.281. The average Bonchev–Trinajstić information content (AvgIpc) is 2.50. The smallest absolute Gasteiger partial charge is 0.230 e. The van der Waals surface area contributed by atoms with E-state index >= 15 is 0 Å². The lowest BCUT2D eigenvalue weighted by atomic mass is 9.82. The number of hydrogen-bond donors (Lipinski definition) is 1. The van der Waals surface area contributed by atoms with Crippen LogP contribution in [0.4, 0.5) is 10.1 Å². The van der Waals surface area contributed by atoms with E-state index in [9.17, 15) is 9.18 Å². The number of carbonyl (C=O) groups is 1. The average molecular weight is 292 g/mol. The number of halogens is 1. The molecule has 21 heavy (non-hydrogen) atoms. The Kier molecular flexibility index (Phi) is 5.74. The molecule has 1 aromatic rings. The van der Waals surface area contributed by atoms with Crippen LogP contribution in [0.25, 0.3) is 0 Å². The van der Waals surface area contributed by atoms with E-state index in [-0.39, 0.29) is 17.6 Å². The zero-order valence-electron chi connectivity index (χ0n) is 12.7. The van der Waals surface area contributed by atoms with Gasteiger partial charge >= 0.3 is 0 Å². The van der Waals surface area contributed by atoms with Crippen LogP contribution in [0.2, 0.25) is 0 Å². The first-order valence-electron chi connectivity index (χ1n) is 7.89. The van der Waals surface area contributed by atoms with Gasteiger partial charge in [-0.2, -0.15) is 0 Å². The molecule has 1 fully saturated rings. The molecule has 1 aliphatic rings. The van der Waals surface area contributed by atoms with Gasteiger partial charge in [-0.25, -0.2) is 4.39 Å². The summed E-state index contributed by atoms with van der Waals surface area (Å²) in [6, 6.07) is 6.16. The molecule has 0 saturated heterocycles. The van der Waals surface area contributed by atoms with E-state index in [2.05, 4.69) is 6.92 Å². The standard InChI is InChI=1S/C17H25FN2O/c1-13-3-5-14(6-4-13)17(21)20(12-2-11-19)16-9-7-15(18)8-10-16/h7-10,13-14H,2-6,11-12,19H2,1H3. The van der Waals surface area contributed by atoms with Crippen LogP contribution in [0.15, 0.2) is 24.3 Å². The first kappa shape index (κ1) is 16.0. The first-order valence-corrected chi connectivity index (χ1v) is 7.89. The Bertz CT molecular complexity index is 452. The van der Waals surface area contributed by atoms with Crippen molar-refractivity contribution in [2.24, 2.45) is 17.6 Å². The van der Waals surface area contributed by atoms with Crippen molar-refractivity contribution >= 4 is 11.6 Å². The topological polar surface area (TPSA) is 46.3 Å². The van der Waals surface area contributed by atoms with Crippen molar-refractivity contribution in [1.82, 2.24) is 0 Å². The molecule has 0 heterocycles. The van der Waals surface area contributed by atoms with Crippen molar-refractivity contribution in [2.45, 2.75) is 39.0 Å². The fourth-order valence-corrected chi connectivity index (χ4v) is 2.96. The van der Waals surface area contributed by atoms with Crippen molar-refractivity contribution < 1.29 is 9.18 Å². The molecule has 2 N–H and O–H groups in total. The SMILES string of the molecule is CC1CCC(C(=O)N(CCCN)c2ccc(F)cc2)CC1. The lowest BCUT2D eigenvalue weighted by Gasteiger charge is -2.31. The van der Waals surface area contributed by atoms with Crippen molar-refractivity contribution in [1.29, 1.82) is 0 Å². The van der Waals surface area contributed by atoms with Gasteiger partial charge in [0, 0.05) is 18.2 Å². The summed E-state index contributed by atoms with van der Waals surface area (Å²) in [4.78, 5) is 14.6. The van der Waals surface area contributed by atoms with Gasteiger partial charge in [0.25, 0.3) is 0 Å². The third-order valence-corrected chi connectivity index (χ3v) is 4.36. The lowest BCUT2D eigenvalue weighted by Crippen LogP contribution is -2.39. The van der Waals surface area contributed by atoms with Crippen LogP contribution < -0.4 is 10.6 Å². The number of nitrogens with zero attached hydrogens (tertiary/aromatic N) is 1. The predicted molar refractivity (Wildman–Crippen MR) is 83.5 cm³/mol. The fourth-order valence-electron chi connectivity index (χ4n) is 2.96. The molecule has 1 aliphatic carbocycles. The molecular weight excluding hydrogens is 267 g/mol. The third kappa shape index (κ3) is 4.27. The first-order chi connectivity index (χ1) is 10.1. The highest BCUT2D eigenvalue weighted by atomic mass is 19.1. The van der Waals surface area contributed by atoms with Gasteiger partial charge in [-0.1, -0.05) is 6.92 Å². The summed E-state index contributed by atoms with van der Waals surface area (Å²) < 4.78 is 13.1. The maximum Gasteiger partial charge on any atom is 0.230 e. The minimum Gasteiger partial charge on any atom is -0.330 e. The van der Waals surface area contributed by atoms with Crippen LogP contribution in [-0.2, 0) is 4.79 Å². The summed E-state index contributed by atoms with van der Waals surface area (Å²) in [7, 11) is 0. The third-order valence-electron chi connectivity index (χ3n) is 4.36. The van der Waals surface area contributed by atoms with Crippen molar-refractivity contribution in [3.63, 3.8) is 0 Å². The summed E-state index contributed by atoms with van der Waals surface area (Å²) in [5, 5.41) is 0. The molecule has 0 bridgehead atoms. The zero-order valence-corrected chi connectivity index (χ0v) is 12.7. The fraction of sp³-hybridized carbons (Fsp3) is 0.588. The molecule has 0 unspecified atom stereocenters. The van der Waals surface area contributed by atoms with Gasteiger partial charge in [0.15, 0.2) is 0 Å². The van der Waals surface area contributed by atoms with Crippen LogP contribution >= 0.6 is 0 Å². The molecule has 0 spiro atoms. The zero-order chi connectivity index (χ0) is 15.2. The Morgan fingerprint density at radius 1 is 1.24 bits per heavy atom. The molecule has 116 valence electrons. The maximum absolute atomic E-state index is 13.1. The number of nitrogens with two attached hydrogens (primary N) is 1. The molecule has 3 nitrogen and oxygen atoms in total. The molecule has 1 amide bonds. The Morgan fingerprint density at radius 2 is 1.86 bits per heavy atom. The van der Waals surface area contributed by atoms with Gasteiger partial charge in [-0.3, -0.25) is 4.79 Å². The summed E-state index contributed by atoms with van der Waals surface area (Å²) in [5.74, 6) is 0.708. The number of rotatable bonds is 5. The summed E-state index contributed by atoms with van der Waals surface area (Å²) in [5.41, 5.74) is 6.35. The predicted octanol–water partition coefficient (Wildman–Crippen LogP) is 3.33. The van der Waals surface area contributed by atoms with Crippen molar-refractivity contribution in [3.05, 3.63) is 30.1 Å². The molecule has 1 saturated carbocycles. The Balaban J connectivity index is 2.11. The highest BCUT2D eigenvalue weighted by molar-refractivity contribution is 5.95. The van der Waals surface area contributed by atoms with Crippen LogP contribution in [0.5, 0.6) is 0 Å². The van der Waals surface area contributed by atoms with Crippen LogP contribution in [0.3, 0.4) is 0 Å². The second kappa shape index (κ2) is 7.55. The minimum absolute atomic E-state index is 0.101. The number of hydrogen-bond acceptors (Lipinski definition) is 2. The highest BCUT2D eigenvalue weighted by Crippen LogP contribution is 2.31. The van der Waals surface area contributed by atoms with Gasteiger partial charge in [-0.15, -0.1) is 0 Å². The van der Waals surface area contributed by atoms with Gasteiger partial charge in [0.1, 0.15) is 5.82 Å². The van der Waals surface area contributed by atoms with E-state index in [1.54, 1.807) is 17.0 Å². The number of benzene rings is 1. The van der Waals surface area contributed by atoms with Crippen molar-refractivity contribution in [3.8, 4) is 0 Å². The van der Waals surface area contributed by atoms with Crippen molar-refractivity contribution in [2.75, 3.05) is 18.0 Å². The van der Waals surface area contributed by atoms with E-state index in [0.717, 1.165) is 43.7 Å². The van der Waals surface area contributed by atoms with Gasteiger partial charge in [0.05, 0.1) is 0 Å². The van der Waals surface area contributed by atoms with Gasteiger partial charge in [-0.05, 0) is 68.8 Å². The van der Waals surface area contributed by atoms with Crippen LogP contribution in [0.1, 0.15) is 39.0 Å². The molecule has 0 radical (unpaired) electrons. The molecule has 2 rings (SSSR count). The van der Waals surface area contributed by atoms with E-state index in [4.69, 9.17) is 5.73 Å². The number of anilines is 1. The second-order valence-corrected chi connectivity index (χ2v) is 6.07. The van der Waals surface area contributed by atoms with E-state index < -0.39 is 0 Å². The molecule has 0 aromatic heterocycles. The molecule has 4 heteroatoms. The normalized spacial score (nSPS) is 22.0. The van der Waals surface area contributed by atoms with Crippen LogP contribution in [-0.4, -0.2) is 19.0 Å². The Morgan fingerprint density at radius 3 is 2.43 bits per heavy atom. The number of carbonyl (C=O) groups excluding carboxylic acids is 1. The largest absolute Gasteiger partial charge is 0.330 e. The number of amides is 1. The van der Waals surface area contributed by atoms with E-state index in [1.165, 1.54) is 12.1 Å². The molecular formula is C17H25FN2O. The van der Waals surface area contributed by atoms with Crippen LogP contribution in [0, 0.1) is 17.7 Å². The summed E-state index contributed by atoms with van der Waals surface area (Å²) in [6.07, 6.45) is 4.90. The lowest BCUT2D eigenvalue weighted by molar-refractivity contribution is -0.123. The van der Waals surface area contributed by atoms with E-state index in [1.807, 2.05) is 0 Å². The molecule has 1 aromatic carbocycles. The van der Waals surface area contributed by atoms with Gasteiger partial charge < -0.3 is 10.6 Å². The summed E-state index contributed by atoms with van der Waals surface area (Å²) >= 11 is 0. The quantitative estimate of drug-likeness (QED) is 0.904. The monoisotopic (exact) mass is 292 g/mol. The Labute approximate surface area is 126 Å². The Hall–Kier alpha value is -1.42. The van der Waals surface area contributed by atoms with Gasteiger partial charge in [0.2, 0.25) is 5.91 Å². The highest BCUT2D eigenvalue weighted by Gasteiger charge is 2.28.